The molecule has 1 heterocycles. The zero-order chi connectivity index (χ0) is 17.2. The van der Waals surface area contributed by atoms with Crippen molar-refractivity contribution in [2.75, 3.05) is 10.6 Å². The topological polar surface area (TPSA) is 49.8 Å². The zero-order valence-electron chi connectivity index (χ0n) is 13.3. The average Bonchev–Trinajstić information content (AvgIpc) is 3.42. The highest BCUT2D eigenvalue weighted by Crippen LogP contribution is 2.30. The molecule has 1 aliphatic rings. The summed E-state index contributed by atoms with van der Waals surface area (Å²) in [5, 5.41) is 7.37. The third-order valence-electron chi connectivity index (χ3n) is 3.90. The van der Waals surface area contributed by atoms with Gasteiger partial charge in [0.25, 0.3) is 0 Å². The molecular weight excluding hydrogens is 447 g/mol. The molecule has 0 unspecified atom stereocenters. The molecular formula is C19H16ClIN4. The molecule has 1 saturated carbocycles. The van der Waals surface area contributed by atoms with E-state index in [0.29, 0.717) is 17.0 Å². The molecule has 1 fully saturated rings. The van der Waals surface area contributed by atoms with Crippen LogP contribution < -0.4 is 10.6 Å². The number of hydrogen-bond acceptors (Lipinski definition) is 4. The highest BCUT2D eigenvalue weighted by molar-refractivity contribution is 14.1. The van der Waals surface area contributed by atoms with E-state index in [0.717, 1.165) is 26.3 Å². The molecule has 0 radical (unpaired) electrons. The minimum atomic E-state index is 0.487. The molecule has 1 aromatic heterocycles. The molecule has 0 spiro atoms. The van der Waals surface area contributed by atoms with E-state index < -0.39 is 0 Å². The van der Waals surface area contributed by atoms with Gasteiger partial charge in [0.2, 0.25) is 5.95 Å². The van der Waals surface area contributed by atoms with Gasteiger partial charge in [-0.1, -0.05) is 41.9 Å². The largest absolute Gasteiger partial charge is 0.351 e. The fraction of sp³-hybridized carbons (Fsp3) is 0.158. The Labute approximate surface area is 165 Å². The number of aromatic nitrogens is 2. The van der Waals surface area contributed by atoms with Crippen LogP contribution in [0.1, 0.15) is 12.8 Å². The average molecular weight is 463 g/mol. The van der Waals surface area contributed by atoms with E-state index in [1.807, 2.05) is 54.6 Å². The molecule has 3 aromatic rings. The highest BCUT2D eigenvalue weighted by atomic mass is 127. The monoisotopic (exact) mass is 462 g/mol. The van der Waals surface area contributed by atoms with E-state index in [1.165, 1.54) is 12.8 Å². The van der Waals surface area contributed by atoms with Gasteiger partial charge in [-0.15, -0.1) is 0 Å². The predicted octanol–water partition coefficient (Wildman–Crippen LogP) is 5.72. The molecule has 0 amide bonds. The lowest BCUT2D eigenvalue weighted by atomic mass is 10.1. The Morgan fingerprint density at radius 2 is 1.80 bits per heavy atom. The molecule has 2 N–H and O–H groups in total. The molecule has 2 aromatic carbocycles. The Morgan fingerprint density at radius 3 is 2.52 bits per heavy atom. The Kier molecular flexibility index (Phi) is 4.76. The molecule has 6 heteroatoms. The number of halogens is 2. The van der Waals surface area contributed by atoms with Gasteiger partial charge in [-0.05, 0) is 53.6 Å². The van der Waals surface area contributed by atoms with Crippen LogP contribution in [0.3, 0.4) is 0 Å². The van der Waals surface area contributed by atoms with Gasteiger partial charge in [-0.3, -0.25) is 0 Å². The Balaban J connectivity index is 1.70. The first-order chi connectivity index (χ1) is 12.2. The van der Waals surface area contributed by atoms with E-state index >= 15 is 0 Å². The first kappa shape index (κ1) is 16.6. The van der Waals surface area contributed by atoms with E-state index in [9.17, 15) is 0 Å². The third-order valence-corrected chi connectivity index (χ3v) is 4.88. The minimum absolute atomic E-state index is 0.487. The predicted molar refractivity (Wildman–Crippen MR) is 112 cm³/mol. The number of rotatable bonds is 5. The molecule has 0 bridgehead atoms. The van der Waals surface area contributed by atoms with Gasteiger partial charge < -0.3 is 10.6 Å². The minimum Gasteiger partial charge on any atom is -0.351 e. The highest BCUT2D eigenvalue weighted by Gasteiger charge is 2.22. The van der Waals surface area contributed by atoms with Crippen LogP contribution in [0.5, 0.6) is 0 Å². The maximum absolute atomic E-state index is 6.34. The van der Waals surface area contributed by atoms with Crippen molar-refractivity contribution < 1.29 is 0 Å². The van der Waals surface area contributed by atoms with Gasteiger partial charge in [0, 0.05) is 21.2 Å². The van der Waals surface area contributed by atoms with Gasteiger partial charge in [0.1, 0.15) is 5.82 Å². The lowest BCUT2D eigenvalue weighted by molar-refractivity contribution is 1.06. The number of nitrogens with one attached hydrogen (secondary N) is 2. The Bertz CT molecular complexity index is 897. The van der Waals surface area contributed by atoms with Crippen molar-refractivity contribution in [3.8, 4) is 11.3 Å². The lowest BCUT2D eigenvalue weighted by Gasteiger charge is -2.12. The fourth-order valence-electron chi connectivity index (χ4n) is 2.47. The summed E-state index contributed by atoms with van der Waals surface area (Å²) in [6, 6.07) is 18.4. The van der Waals surface area contributed by atoms with Crippen LogP contribution in [0, 0.1) is 3.57 Å². The zero-order valence-corrected chi connectivity index (χ0v) is 16.3. The van der Waals surface area contributed by atoms with E-state index in [1.54, 1.807) is 0 Å². The summed E-state index contributed by atoms with van der Waals surface area (Å²) in [7, 11) is 0. The first-order valence-corrected chi connectivity index (χ1v) is 9.56. The molecule has 1 aliphatic carbocycles. The van der Waals surface area contributed by atoms with Crippen LogP contribution in [0.2, 0.25) is 5.02 Å². The molecule has 4 rings (SSSR count). The number of hydrogen-bond donors (Lipinski definition) is 2. The third kappa shape index (κ3) is 4.22. The van der Waals surface area contributed by atoms with Crippen LogP contribution in [0.4, 0.5) is 17.5 Å². The Morgan fingerprint density at radius 1 is 1.00 bits per heavy atom. The van der Waals surface area contributed by atoms with Crippen LogP contribution in [0.25, 0.3) is 11.3 Å². The van der Waals surface area contributed by atoms with Crippen LogP contribution in [-0.4, -0.2) is 16.0 Å². The number of benzene rings is 2. The summed E-state index contributed by atoms with van der Waals surface area (Å²) in [4.78, 5) is 9.27. The second-order valence-electron chi connectivity index (χ2n) is 6.00. The maximum atomic E-state index is 6.34. The quantitative estimate of drug-likeness (QED) is 0.476. The van der Waals surface area contributed by atoms with Crippen LogP contribution in [0.15, 0.2) is 54.6 Å². The van der Waals surface area contributed by atoms with Crippen molar-refractivity contribution in [1.29, 1.82) is 0 Å². The number of nitrogens with zero attached hydrogens (tertiary/aromatic N) is 2. The summed E-state index contributed by atoms with van der Waals surface area (Å²) < 4.78 is 1.09. The SMILES string of the molecule is Clc1cc(I)ccc1Nc1cc(-c2ccccc2)nc(NC2CC2)n1. The molecule has 25 heavy (non-hydrogen) atoms. The summed E-state index contributed by atoms with van der Waals surface area (Å²) in [6.07, 6.45) is 2.34. The van der Waals surface area contributed by atoms with E-state index in [-0.39, 0.29) is 0 Å². The standard InChI is InChI=1S/C19H16ClIN4/c20-15-10-13(21)6-9-16(15)23-18-11-17(12-4-2-1-3-5-12)24-19(25-18)22-14-7-8-14/h1-6,9-11,14H,7-8H2,(H2,22,23,24,25). The molecule has 126 valence electrons. The molecule has 0 atom stereocenters. The lowest BCUT2D eigenvalue weighted by Crippen LogP contribution is -2.07. The van der Waals surface area contributed by atoms with E-state index in [2.05, 4.69) is 43.2 Å². The van der Waals surface area contributed by atoms with Crippen LogP contribution in [-0.2, 0) is 0 Å². The summed E-state index contributed by atoms with van der Waals surface area (Å²) in [6.45, 7) is 0. The second kappa shape index (κ2) is 7.17. The smallest absolute Gasteiger partial charge is 0.225 e. The van der Waals surface area contributed by atoms with Gasteiger partial charge in [0.05, 0.1) is 16.4 Å². The van der Waals surface area contributed by atoms with Gasteiger partial charge >= 0.3 is 0 Å². The number of anilines is 3. The van der Waals surface area contributed by atoms with Gasteiger partial charge in [-0.25, -0.2) is 4.98 Å². The van der Waals surface area contributed by atoms with E-state index in [4.69, 9.17) is 11.6 Å². The molecule has 4 nitrogen and oxygen atoms in total. The summed E-state index contributed by atoms with van der Waals surface area (Å²) in [5.41, 5.74) is 2.76. The van der Waals surface area contributed by atoms with Crippen molar-refractivity contribution >= 4 is 51.6 Å². The fourth-order valence-corrected chi connectivity index (χ4v) is 3.37. The van der Waals surface area contributed by atoms with Crippen molar-refractivity contribution in [2.24, 2.45) is 0 Å². The van der Waals surface area contributed by atoms with Crippen molar-refractivity contribution in [1.82, 2.24) is 9.97 Å². The first-order valence-electron chi connectivity index (χ1n) is 8.10. The normalized spacial score (nSPS) is 13.5. The Hall–Kier alpha value is -1.86. The molecule has 0 saturated heterocycles. The molecule has 0 aliphatic heterocycles. The van der Waals surface area contributed by atoms with Crippen molar-refractivity contribution in [3.63, 3.8) is 0 Å². The summed E-state index contributed by atoms with van der Waals surface area (Å²) in [5.74, 6) is 1.37. The van der Waals surface area contributed by atoms with Crippen LogP contribution >= 0.6 is 34.2 Å². The van der Waals surface area contributed by atoms with Gasteiger partial charge in [0.15, 0.2) is 0 Å². The van der Waals surface area contributed by atoms with Crippen molar-refractivity contribution in [2.45, 2.75) is 18.9 Å². The second-order valence-corrected chi connectivity index (χ2v) is 7.65. The van der Waals surface area contributed by atoms with Gasteiger partial charge in [-0.2, -0.15) is 4.98 Å². The summed E-state index contributed by atoms with van der Waals surface area (Å²) >= 11 is 8.59. The van der Waals surface area contributed by atoms with Crippen molar-refractivity contribution in [3.05, 3.63) is 63.2 Å². The maximum Gasteiger partial charge on any atom is 0.225 e.